The zero-order chi connectivity index (χ0) is 15.8. The van der Waals surface area contributed by atoms with Crippen LogP contribution in [-0.2, 0) is 17.8 Å². The van der Waals surface area contributed by atoms with E-state index in [4.69, 9.17) is 0 Å². The minimum atomic E-state index is 0.206. The number of aryl methyl sites for hydroxylation is 1. The third-order valence-electron chi connectivity index (χ3n) is 3.89. The fourth-order valence-corrected chi connectivity index (χ4v) is 2.46. The Morgan fingerprint density at radius 3 is 2.45 bits per heavy atom. The molecule has 1 unspecified atom stereocenters. The summed E-state index contributed by atoms with van der Waals surface area (Å²) < 4.78 is 0. The molecule has 1 aromatic carbocycles. The predicted molar refractivity (Wildman–Crippen MR) is 89.3 cm³/mol. The summed E-state index contributed by atoms with van der Waals surface area (Å²) in [5.74, 6) is 0.602. The standard InChI is InChI=1S/C19H24N2O/c1-16(8-9-17-6-4-3-5-7-17)14-19(22)21(2)15-18-10-12-20-13-11-18/h3-7,10-13,16H,8-9,14-15H2,1-2H3. The Kier molecular flexibility index (Phi) is 6.13. The topological polar surface area (TPSA) is 33.2 Å². The van der Waals surface area contributed by atoms with Crippen LogP contribution in [0, 0.1) is 5.92 Å². The summed E-state index contributed by atoms with van der Waals surface area (Å²) in [4.78, 5) is 18.1. The van der Waals surface area contributed by atoms with Crippen LogP contribution in [0.3, 0.4) is 0 Å². The number of pyridine rings is 1. The van der Waals surface area contributed by atoms with E-state index in [2.05, 4.69) is 36.2 Å². The molecule has 0 aliphatic carbocycles. The quantitative estimate of drug-likeness (QED) is 0.780. The van der Waals surface area contributed by atoms with Gasteiger partial charge in [0.2, 0.25) is 5.91 Å². The molecule has 0 saturated heterocycles. The van der Waals surface area contributed by atoms with Gasteiger partial charge in [-0.05, 0) is 42.0 Å². The second-order valence-corrected chi connectivity index (χ2v) is 5.94. The van der Waals surface area contributed by atoms with Crippen LogP contribution in [0.15, 0.2) is 54.9 Å². The van der Waals surface area contributed by atoms with Gasteiger partial charge in [0, 0.05) is 32.4 Å². The maximum absolute atomic E-state index is 12.3. The largest absolute Gasteiger partial charge is 0.341 e. The van der Waals surface area contributed by atoms with Crippen molar-refractivity contribution >= 4 is 5.91 Å². The Morgan fingerprint density at radius 2 is 1.77 bits per heavy atom. The molecule has 0 saturated carbocycles. The number of hydrogen-bond acceptors (Lipinski definition) is 2. The molecule has 0 spiro atoms. The van der Waals surface area contributed by atoms with Crippen LogP contribution in [-0.4, -0.2) is 22.8 Å². The minimum absolute atomic E-state index is 0.206. The third-order valence-corrected chi connectivity index (χ3v) is 3.89. The minimum Gasteiger partial charge on any atom is -0.341 e. The summed E-state index contributed by atoms with van der Waals surface area (Å²) in [6, 6.07) is 14.3. The van der Waals surface area contributed by atoms with Gasteiger partial charge in [-0.15, -0.1) is 0 Å². The van der Waals surface area contributed by atoms with Crippen LogP contribution >= 0.6 is 0 Å². The molecule has 1 heterocycles. The number of carbonyl (C=O) groups is 1. The fourth-order valence-electron chi connectivity index (χ4n) is 2.46. The van der Waals surface area contributed by atoms with Crippen molar-refractivity contribution in [1.29, 1.82) is 0 Å². The molecule has 1 atom stereocenters. The van der Waals surface area contributed by atoms with Gasteiger partial charge in [-0.2, -0.15) is 0 Å². The highest BCUT2D eigenvalue weighted by Gasteiger charge is 2.13. The number of nitrogens with zero attached hydrogens (tertiary/aromatic N) is 2. The lowest BCUT2D eigenvalue weighted by Gasteiger charge is -2.19. The zero-order valence-electron chi connectivity index (χ0n) is 13.4. The Morgan fingerprint density at radius 1 is 1.09 bits per heavy atom. The van der Waals surface area contributed by atoms with Crippen LogP contribution in [0.1, 0.15) is 30.9 Å². The van der Waals surface area contributed by atoms with Gasteiger partial charge >= 0.3 is 0 Å². The van der Waals surface area contributed by atoms with Crippen molar-refractivity contribution < 1.29 is 4.79 Å². The van der Waals surface area contributed by atoms with Crippen molar-refractivity contribution in [2.45, 2.75) is 32.7 Å². The normalized spacial score (nSPS) is 11.9. The lowest BCUT2D eigenvalue weighted by atomic mass is 9.97. The van der Waals surface area contributed by atoms with Crippen LogP contribution in [0.25, 0.3) is 0 Å². The van der Waals surface area contributed by atoms with E-state index in [0.717, 1.165) is 18.4 Å². The lowest BCUT2D eigenvalue weighted by Crippen LogP contribution is -2.27. The summed E-state index contributed by atoms with van der Waals surface area (Å²) in [6.07, 6.45) is 6.20. The summed E-state index contributed by atoms with van der Waals surface area (Å²) in [6.45, 7) is 2.80. The molecule has 3 heteroatoms. The smallest absolute Gasteiger partial charge is 0.222 e. The molecule has 116 valence electrons. The lowest BCUT2D eigenvalue weighted by molar-refractivity contribution is -0.131. The summed E-state index contributed by atoms with van der Waals surface area (Å²) in [5, 5.41) is 0. The number of carbonyl (C=O) groups excluding carboxylic acids is 1. The van der Waals surface area contributed by atoms with Crippen LogP contribution < -0.4 is 0 Å². The van der Waals surface area contributed by atoms with E-state index in [-0.39, 0.29) is 5.91 Å². The Balaban J connectivity index is 1.75. The maximum Gasteiger partial charge on any atom is 0.222 e. The number of aromatic nitrogens is 1. The zero-order valence-corrected chi connectivity index (χ0v) is 13.4. The van der Waals surface area contributed by atoms with E-state index in [1.807, 2.05) is 25.2 Å². The van der Waals surface area contributed by atoms with Crippen molar-refractivity contribution in [2.24, 2.45) is 5.92 Å². The summed E-state index contributed by atoms with van der Waals surface area (Å²) in [5.41, 5.74) is 2.45. The van der Waals surface area contributed by atoms with E-state index >= 15 is 0 Å². The first-order valence-corrected chi connectivity index (χ1v) is 7.82. The molecule has 2 rings (SSSR count). The predicted octanol–water partition coefficient (Wildman–Crippen LogP) is 3.70. The number of benzene rings is 1. The van der Waals surface area contributed by atoms with E-state index < -0.39 is 0 Å². The SMILES string of the molecule is CC(CCc1ccccc1)CC(=O)N(C)Cc1ccncc1. The molecule has 0 aliphatic rings. The van der Waals surface area contributed by atoms with E-state index in [1.54, 1.807) is 17.3 Å². The molecule has 1 aromatic heterocycles. The Labute approximate surface area is 133 Å². The maximum atomic E-state index is 12.3. The molecular formula is C19H24N2O. The molecule has 22 heavy (non-hydrogen) atoms. The van der Waals surface area contributed by atoms with Crippen LogP contribution in [0.5, 0.6) is 0 Å². The van der Waals surface area contributed by atoms with Crippen molar-refractivity contribution in [2.75, 3.05) is 7.05 Å². The van der Waals surface area contributed by atoms with E-state index in [0.29, 0.717) is 18.9 Å². The van der Waals surface area contributed by atoms with Gasteiger partial charge in [0.25, 0.3) is 0 Å². The highest BCUT2D eigenvalue weighted by molar-refractivity contribution is 5.76. The van der Waals surface area contributed by atoms with Crippen molar-refractivity contribution in [3.05, 3.63) is 66.0 Å². The molecule has 2 aromatic rings. The van der Waals surface area contributed by atoms with Gasteiger partial charge in [-0.25, -0.2) is 0 Å². The van der Waals surface area contributed by atoms with Gasteiger partial charge < -0.3 is 4.90 Å². The molecule has 0 radical (unpaired) electrons. The summed E-state index contributed by atoms with van der Waals surface area (Å²) >= 11 is 0. The number of amides is 1. The average molecular weight is 296 g/mol. The average Bonchev–Trinajstić information content (AvgIpc) is 2.55. The van der Waals surface area contributed by atoms with Crippen LogP contribution in [0.4, 0.5) is 0 Å². The molecule has 0 N–H and O–H groups in total. The first-order chi connectivity index (χ1) is 10.6. The number of rotatable bonds is 7. The van der Waals surface area contributed by atoms with Gasteiger partial charge in [-0.1, -0.05) is 37.3 Å². The van der Waals surface area contributed by atoms with E-state index in [9.17, 15) is 4.79 Å². The van der Waals surface area contributed by atoms with Gasteiger partial charge in [0.15, 0.2) is 0 Å². The number of hydrogen-bond donors (Lipinski definition) is 0. The summed E-state index contributed by atoms with van der Waals surface area (Å²) in [7, 11) is 1.87. The highest BCUT2D eigenvalue weighted by Crippen LogP contribution is 2.14. The second kappa shape index (κ2) is 8.32. The first kappa shape index (κ1) is 16.2. The van der Waals surface area contributed by atoms with Crippen molar-refractivity contribution in [1.82, 2.24) is 9.88 Å². The monoisotopic (exact) mass is 296 g/mol. The molecule has 3 nitrogen and oxygen atoms in total. The van der Waals surface area contributed by atoms with Gasteiger partial charge in [-0.3, -0.25) is 9.78 Å². The van der Waals surface area contributed by atoms with Gasteiger partial charge in [0.1, 0.15) is 0 Å². The van der Waals surface area contributed by atoms with Crippen molar-refractivity contribution in [3.63, 3.8) is 0 Å². The van der Waals surface area contributed by atoms with Crippen LogP contribution in [0.2, 0.25) is 0 Å². The molecule has 0 fully saturated rings. The first-order valence-electron chi connectivity index (χ1n) is 7.82. The molecule has 0 bridgehead atoms. The molecule has 1 amide bonds. The fraction of sp³-hybridized carbons (Fsp3) is 0.368. The van der Waals surface area contributed by atoms with E-state index in [1.165, 1.54) is 5.56 Å². The van der Waals surface area contributed by atoms with Gasteiger partial charge in [0.05, 0.1) is 0 Å². The highest BCUT2D eigenvalue weighted by atomic mass is 16.2. The molecule has 0 aliphatic heterocycles. The third kappa shape index (κ3) is 5.32. The Bertz CT molecular complexity index is 569. The Hall–Kier alpha value is -2.16. The van der Waals surface area contributed by atoms with Crippen molar-refractivity contribution in [3.8, 4) is 0 Å². The second-order valence-electron chi connectivity index (χ2n) is 5.94. The molecular weight excluding hydrogens is 272 g/mol.